The van der Waals surface area contributed by atoms with Crippen molar-refractivity contribution in [2.75, 3.05) is 6.61 Å². The Hall–Kier alpha value is -0.930. The van der Waals surface area contributed by atoms with Crippen molar-refractivity contribution in [1.82, 2.24) is 0 Å². The molecule has 2 N–H and O–H groups in total. The zero-order valence-corrected chi connectivity index (χ0v) is 9.24. The molecule has 1 rings (SSSR count). The highest BCUT2D eigenvalue weighted by molar-refractivity contribution is 5.19. The van der Waals surface area contributed by atoms with Crippen LogP contribution < -0.4 is 5.73 Å². The predicted octanol–water partition coefficient (Wildman–Crippen LogP) is 2.64. The molecule has 0 spiro atoms. The molecule has 1 aromatic carbocycles. The van der Waals surface area contributed by atoms with Crippen molar-refractivity contribution in [2.24, 2.45) is 5.73 Å². The fourth-order valence-electron chi connectivity index (χ4n) is 1.45. The zero-order valence-electron chi connectivity index (χ0n) is 9.24. The van der Waals surface area contributed by atoms with Gasteiger partial charge in [0.15, 0.2) is 0 Å². The van der Waals surface area contributed by atoms with Crippen LogP contribution >= 0.6 is 0 Å². The molecule has 0 fully saturated rings. The lowest BCUT2D eigenvalue weighted by atomic mass is 10.0. The monoisotopic (exact) mass is 211 g/mol. The Bertz CT molecular complexity index is 284. The minimum absolute atomic E-state index is 0.0954. The molecule has 0 amide bonds. The van der Waals surface area contributed by atoms with Gasteiger partial charge in [-0.1, -0.05) is 19.1 Å². The van der Waals surface area contributed by atoms with Gasteiger partial charge in [0.2, 0.25) is 0 Å². The molecule has 0 saturated carbocycles. The topological polar surface area (TPSA) is 35.2 Å². The maximum atomic E-state index is 12.7. The molecule has 0 saturated heterocycles. The van der Waals surface area contributed by atoms with Crippen LogP contribution in [0.5, 0.6) is 0 Å². The molecule has 3 heteroatoms. The normalized spacial score (nSPS) is 14.9. The van der Waals surface area contributed by atoms with Crippen LogP contribution in [0.25, 0.3) is 0 Å². The van der Waals surface area contributed by atoms with E-state index >= 15 is 0 Å². The number of benzene rings is 1. The summed E-state index contributed by atoms with van der Waals surface area (Å²) >= 11 is 0. The third-order valence-corrected chi connectivity index (χ3v) is 2.18. The van der Waals surface area contributed by atoms with E-state index in [2.05, 4.69) is 0 Å². The Labute approximate surface area is 90.2 Å². The van der Waals surface area contributed by atoms with Gasteiger partial charge < -0.3 is 10.5 Å². The van der Waals surface area contributed by atoms with Gasteiger partial charge in [-0.2, -0.15) is 0 Å². The summed E-state index contributed by atoms with van der Waals surface area (Å²) in [6.07, 6.45) is 0.801. The van der Waals surface area contributed by atoms with E-state index in [1.165, 1.54) is 12.1 Å². The number of nitrogens with two attached hydrogens (primary N) is 1. The molecule has 0 radical (unpaired) electrons. The highest BCUT2D eigenvalue weighted by Crippen LogP contribution is 2.20. The van der Waals surface area contributed by atoms with Gasteiger partial charge >= 0.3 is 0 Å². The average Bonchev–Trinajstić information content (AvgIpc) is 2.21. The second kappa shape index (κ2) is 5.83. The lowest BCUT2D eigenvalue weighted by Gasteiger charge is -2.21. The van der Waals surface area contributed by atoms with Crippen LogP contribution in [0, 0.1) is 5.82 Å². The van der Waals surface area contributed by atoms with Gasteiger partial charge in [-0.15, -0.1) is 0 Å². The molecular formula is C12H18FNO. The minimum atomic E-state index is -0.238. The van der Waals surface area contributed by atoms with Crippen LogP contribution in [-0.2, 0) is 4.74 Å². The Kier molecular flexibility index (Phi) is 4.72. The van der Waals surface area contributed by atoms with Crippen molar-refractivity contribution in [1.29, 1.82) is 0 Å². The van der Waals surface area contributed by atoms with Crippen LogP contribution in [0.4, 0.5) is 4.39 Å². The quantitative estimate of drug-likeness (QED) is 0.812. The summed E-state index contributed by atoms with van der Waals surface area (Å²) in [6.45, 7) is 4.61. The van der Waals surface area contributed by atoms with E-state index in [1.807, 2.05) is 13.8 Å². The van der Waals surface area contributed by atoms with Crippen LogP contribution in [0.1, 0.15) is 31.9 Å². The van der Waals surface area contributed by atoms with Crippen molar-refractivity contribution in [3.8, 4) is 0 Å². The SMILES string of the molecule is CCCOC(c1ccc(F)cc1)C(C)N. The molecule has 2 unspecified atom stereocenters. The zero-order chi connectivity index (χ0) is 11.3. The van der Waals surface area contributed by atoms with Gasteiger partial charge in [0.1, 0.15) is 5.82 Å². The molecule has 0 aromatic heterocycles. The van der Waals surface area contributed by atoms with E-state index in [-0.39, 0.29) is 18.0 Å². The number of hydrogen-bond acceptors (Lipinski definition) is 2. The van der Waals surface area contributed by atoms with E-state index in [0.717, 1.165) is 12.0 Å². The molecule has 84 valence electrons. The summed E-state index contributed by atoms with van der Waals surface area (Å²) in [5, 5.41) is 0. The summed E-state index contributed by atoms with van der Waals surface area (Å²) in [5.74, 6) is -0.238. The van der Waals surface area contributed by atoms with E-state index in [4.69, 9.17) is 10.5 Å². The van der Waals surface area contributed by atoms with Crippen LogP contribution in [0.15, 0.2) is 24.3 Å². The Balaban J connectivity index is 2.74. The van der Waals surface area contributed by atoms with Gasteiger partial charge in [-0.3, -0.25) is 0 Å². The largest absolute Gasteiger partial charge is 0.372 e. The van der Waals surface area contributed by atoms with Crippen molar-refractivity contribution >= 4 is 0 Å². The Morgan fingerprint density at radius 3 is 2.40 bits per heavy atom. The molecule has 1 aromatic rings. The summed E-state index contributed by atoms with van der Waals surface area (Å²) in [5.41, 5.74) is 6.76. The highest BCUT2D eigenvalue weighted by Gasteiger charge is 2.16. The van der Waals surface area contributed by atoms with E-state index in [0.29, 0.717) is 6.61 Å². The molecule has 0 aliphatic heterocycles. The molecule has 15 heavy (non-hydrogen) atoms. The van der Waals surface area contributed by atoms with Crippen molar-refractivity contribution in [3.05, 3.63) is 35.6 Å². The second-order valence-electron chi connectivity index (χ2n) is 3.70. The molecule has 0 aliphatic carbocycles. The van der Waals surface area contributed by atoms with E-state index in [1.54, 1.807) is 12.1 Å². The van der Waals surface area contributed by atoms with Gasteiger partial charge in [0.25, 0.3) is 0 Å². The van der Waals surface area contributed by atoms with Crippen molar-refractivity contribution in [2.45, 2.75) is 32.4 Å². The third-order valence-electron chi connectivity index (χ3n) is 2.18. The summed E-state index contributed by atoms with van der Waals surface area (Å²) in [6, 6.07) is 6.21. The molecular weight excluding hydrogens is 193 g/mol. The first-order valence-corrected chi connectivity index (χ1v) is 5.27. The molecule has 2 nitrogen and oxygen atoms in total. The van der Waals surface area contributed by atoms with Gasteiger partial charge in [0.05, 0.1) is 6.10 Å². The fourth-order valence-corrected chi connectivity index (χ4v) is 1.45. The van der Waals surface area contributed by atoms with E-state index in [9.17, 15) is 4.39 Å². The molecule has 0 aliphatic rings. The van der Waals surface area contributed by atoms with Crippen LogP contribution in [0.2, 0.25) is 0 Å². The highest BCUT2D eigenvalue weighted by atomic mass is 19.1. The lowest BCUT2D eigenvalue weighted by molar-refractivity contribution is 0.0387. The molecule has 0 bridgehead atoms. The summed E-state index contributed by atoms with van der Waals surface area (Å²) < 4.78 is 18.4. The number of halogens is 1. The first kappa shape index (κ1) is 12.1. The van der Waals surface area contributed by atoms with Gasteiger partial charge in [0, 0.05) is 12.6 Å². The van der Waals surface area contributed by atoms with Crippen LogP contribution in [0.3, 0.4) is 0 Å². The fraction of sp³-hybridized carbons (Fsp3) is 0.500. The van der Waals surface area contributed by atoms with Crippen LogP contribution in [-0.4, -0.2) is 12.6 Å². The minimum Gasteiger partial charge on any atom is -0.372 e. The Morgan fingerprint density at radius 2 is 1.93 bits per heavy atom. The third kappa shape index (κ3) is 3.61. The van der Waals surface area contributed by atoms with Crippen molar-refractivity contribution < 1.29 is 9.13 Å². The average molecular weight is 211 g/mol. The standard InChI is InChI=1S/C12H18FNO/c1-3-8-15-12(9(2)14)10-4-6-11(13)7-5-10/h4-7,9,12H,3,8,14H2,1-2H3. The maximum absolute atomic E-state index is 12.7. The lowest BCUT2D eigenvalue weighted by Crippen LogP contribution is -2.27. The molecule has 0 heterocycles. The van der Waals surface area contributed by atoms with Gasteiger partial charge in [-0.05, 0) is 31.0 Å². The van der Waals surface area contributed by atoms with Crippen molar-refractivity contribution in [3.63, 3.8) is 0 Å². The molecule has 2 atom stereocenters. The predicted molar refractivity (Wildman–Crippen MR) is 59.0 cm³/mol. The smallest absolute Gasteiger partial charge is 0.123 e. The summed E-state index contributed by atoms with van der Waals surface area (Å²) in [7, 11) is 0. The number of ether oxygens (including phenoxy) is 1. The van der Waals surface area contributed by atoms with E-state index < -0.39 is 0 Å². The maximum Gasteiger partial charge on any atom is 0.123 e. The summed E-state index contributed by atoms with van der Waals surface area (Å²) in [4.78, 5) is 0. The number of rotatable bonds is 5. The van der Waals surface area contributed by atoms with Gasteiger partial charge in [-0.25, -0.2) is 4.39 Å². The number of hydrogen-bond donors (Lipinski definition) is 1. The Morgan fingerprint density at radius 1 is 1.33 bits per heavy atom. The first-order chi connectivity index (χ1) is 7.15. The first-order valence-electron chi connectivity index (χ1n) is 5.27. The second-order valence-corrected chi connectivity index (χ2v) is 3.70.